The van der Waals surface area contributed by atoms with Gasteiger partial charge < -0.3 is 15.2 Å². The lowest BCUT2D eigenvalue weighted by molar-refractivity contribution is -0.139. The number of nitrogens with one attached hydrogen (secondary N) is 2. The van der Waals surface area contributed by atoms with Gasteiger partial charge in [0, 0.05) is 32.0 Å². The minimum absolute atomic E-state index is 0.0263. The van der Waals surface area contributed by atoms with Gasteiger partial charge in [0.1, 0.15) is 0 Å². The molecule has 0 aliphatic rings. The van der Waals surface area contributed by atoms with Gasteiger partial charge in [0.05, 0.1) is 6.04 Å². The van der Waals surface area contributed by atoms with Gasteiger partial charge in [-0.2, -0.15) is 0 Å². The average Bonchev–Trinajstić information content (AvgIpc) is 2.75. The second-order valence-corrected chi connectivity index (χ2v) is 4.59. The first kappa shape index (κ1) is 15.2. The molecule has 19 heavy (non-hydrogen) atoms. The molecule has 0 spiro atoms. The van der Waals surface area contributed by atoms with Crippen molar-refractivity contribution in [3.05, 3.63) is 24.0 Å². The Bertz CT molecular complexity index is 440. The quantitative estimate of drug-likeness (QED) is 0.730. The largest absolute Gasteiger partial charge is 0.353 e. The first-order chi connectivity index (χ1) is 8.97. The highest BCUT2D eigenvalue weighted by atomic mass is 16.2. The molecule has 0 fully saturated rings. The van der Waals surface area contributed by atoms with E-state index in [1.807, 2.05) is 48.9 Å². The Labute approximate surface area is 113 Å². The monoisotopic (exact) mass is 266 g/mol. The van der Waals surface area contributed by atoms with Crippen LogP contribution in [0.2, 0.25) is 0 Å². The van der Waals surface area contributed by atoms with Gasteiger partial charge in [-0.05, 0) is 33.2 Å². The predicted molar refractivity (Wildman–Crippen MR) is 73.5 cm³/mol. The van der Waals surface area contributed by atoms with E-state index in [4.69, 9.17) is 0 Å². The first-order valence-electron chi connectivity index (χ1n) is 6.31. The summed E-state index contributed by atoms with van der Waals surface area (Å²) in [6.07, 6.45) is 1.96. The predicted octanol–water partition coefficient (Wildman–Crippen LogP) is -0.120. The van der Waals surface area contributed by atoms with Crippen LogP contribution in [0, 0.1) is 0 Å². The fraction of sp³-hybridized carbons (Fsp3) is 0.538. The third-order valence-corrected chi connectivity index (χ3v) is 2.95. The molecular formula is C13H22N4O2. The Morgan fingerprint density at radius 1 is 1.32 bits per heavy atom. The summed E-state index contributed by atoms with van der Waals surface area (Å²) in [6.45, 7) is 2.61. The normalized spacial score (nSPS) is 12.3. The highest BCUT2D eigenvalue weighted by Gasteiger charge is 2.19. The summed E-state index contributed by atoms with van der Waals surface area (Å²) in [5.74, 6) is -1.19. The number of rotatable bonds is 5. The average molecular weight is 266 g/mol. The van der Waals surface area contributed by atoms with Crippen LogP contribution >= 0.6 is 0 Å². The highest BCUT2D eigenvalue weighted by Crippen LogP contribution is 2.16. The van der Waals surface area contributed by atoms with Crippen molar-refractivity contribution < 1.29 is 9.59 Å². The molecule has 1 aromatic rings. The lowest BCUT2D eigenvalue weighted by atomic mass is 10.2. The number of aromatic nitrogens is 1. The van der Waals surface area contributed by atoms with Crippen molar-refractivity contribution in [1.29, 1.82) is 0 Å². The molecule has 0 saturated carbocycles. The van der Waals surface area contributed by atoms with Crippen LogP contribution < -0.4 is 10.6 Å². The number of amides is 2. The number of carbonyl (C=O) groups is 2. The molecule has 0 radical (unpaired) electrons. The summed E-state index contributed by atoms with van der Waals surface area (Å²) in [5.41, 5.74) is 1.08. The SMILES string of the molecule is CCNC(=O)C(=O)NCC(c1cccn1C)N(C)C. The molecule has 0 saturated heterocycles. The van der Waals surface area contributed by atoms with Crippen molar-refractivity contribution in [1.82, 2.24) is 20.1 Å². The molecule has 0 aliphatic carbocycles. The molecule has 1 heterocycles. The summed E-state index contributed by atoms with van der Waals surface area (Å²) in [4.78, 5) is 24.9. The summed E-state index contributed by atoms with van der Waals surface area (Å²) in [7, 11) is 5.84. The van der Waals surface area contributed by atoms with Crippen LogP contribution in [-0.2, 0) is 16.6 Å². The number of hydrogen-bond acceptors (Lipinski definition) is 3. The van der Waals surface area contributed by atoms with E-state index in [0.29, 0.717) is 13.1 Å². The van der Waals surface area contributed by atoms with E-state index in [0.717, 1.165) is 5.69 Å². The minimum Gasteiger partial charge on any atom is -0.353 e. The molecule has 1 rings (SSSR count). The second-order valence-electron chi connectivity index (χ2n) is 4.59. The summed E-state index contributed by atoms with van der Waals surface area (Å²) in [5, 5.41) is 5.13. The third kappa shape index (κ3) is 4.10. The maximum absolute atomic E-state index is 11.6. The molecule has 2 N–H and O–H groups in total. The highest BCUT2D eigenvalue weighted by molar-refractivity contribution is 6.35. The van der Waals surface area contributed by atoms with Gasteiger partial charge in [0.25, 0.3) is 0 Å². The molecule has 0 bridgehead atoms. The van der Waals surface area contributed by atoms with Gasteiger partial charge in [-0.1, -0.05) is 0 Å². The summed E-state index contributed by atoms with van der Waals surface area (Å²) in [6, 6.07) is 3.98. The van der Waals surface area contributed by atoms with E-state index >= 15 is 0 Å². The maximum Gasteiger partial charge on any atom is 0.309 e. The number of nitrogens with zero attached hydrogens (tertiary/aromatic N) is 2. The van der Waals surface area contributed by atoms with E-state index in [9.17, 15) is 9.59 Å². The zero-order valence-electron chi connectivity index (χ0n) is 11.9. The Morgan fingerprint density at radius 2 is 1.95 bits per heavy atom. The van der Waals surface area contributed by atoms with Gasteiger partial charge in [-0.3, -0.25) is 14.5 Å². The molecular weight excluding hydrogens is 244 g/mol. The third-order valence-electron chi connectivity index (χ3n) is 2.95. The van der Waals surface area contributed by atoms with E-state index < -0.39 is 11.8 Å². The maximum atomic E-state index is 11.6. The molecule has 1 atom stereocenters. The second kappa shape index (κ2) is 6.94. The molecule has 6 nitrogen and oxygen atoms in total. The molecule has 0 aliphatic heterocycles. The Balaban J connectivity index is 2.64. The van der Waals surface area contributed by atoms with Crippen molar-refractivity contribution in [3.8, 4) is 0 Å². The Morgan fingerprint density at radius 3 is 2.42 bits per heavy atom. The smallest absolute Gasteiger partial charge is 0.309 e. The Kier molecular flexibility index (Phi) is 5.57. The zero-order valence-corrected chi connectivity index (χ0v) is 11.9. The standard InChI is InChI=1S/C13H22N4O2/c1-5-14-12(18)13(19)15-9-11(16(2)3)10-7-6-8-17(10)4/h6-8,11H,5,9H2,1-4H3,(H,14,18)(H,15,19). The Hall–Kier alpha value is -1.82. The van der Waals surface area contributed by atoms with Crippen molar-refractivity contribution in [3.63, 3.8) is 0 Å². The molecule has 6 heteroatoms. The van der Waals surface area contributed by atoms with E-state index in [1.165, 1.54) is 0 Å². The fourth-order valence-corrected chi connectivity index (χ4v) is 1.88. The number of likely N-dealkylation sites (N-methyl/N-ethyl adjacent to an activating group) is 2. The van der Waals surface area contributed by atoms with Crippen molar-refractivity contribution in [2.45, 2.75) is 13.0 Å². The topological polar surface area (TPSA) is 66.4 Å². The van der Waals surface area contributed by atoms with Crippen molar-refractivity contribution >= 4 is 11.8 Å². The first-order valence-corrected chi connectivity index (χ1v) is 6.31. The van der Waals surface area contributed by atoms with E-state index in [-0.39, 0.29) is 6.04 Å². The van der Waals surface area contributed by atoms with Crippen LogP contribution in [0.25, 0.3) is 0 Å². The number of hydrogen-bond donors (Lipinski definition) is 2. The zero-order chi connectivity index (χ0) is 14.4. The van der Waals surface area contributed by atoms with E-state index in [1.54, 1.807) is 6.92 Å². The van der Waals surface area contributed by atoms with Crippen LogP contribution in [0.3, 0.4) is 0 Å². The van der Waals surface area contributed by atoms with E-state index in [2.05, 4.69) is 10.6 Å². The van der Waals surface area contributed by atoms with Gasteiger partial charge in [-0.15, -0.1) is 0 Å². The molecule has 1 unspecified atom stereocenters. The summed E-state index contributed by atoms with van der Waals surface area (Å²) < 4.78 is 2.00. The molecule has 0 aromatic carbocycles. The van der Waals surface area contributed by atoms with Crippen LogP contribution in [-0.4, -0.2) is 48.5 Å². The van der Waals surface area contributed by atoms with Gasteiger partial charge in [0.15, 0.2) is 0 Å². The van der Waals surface area contributed by atoms with Crippen LogP contribution in [0.4, 0.5) is 0 Å². The number of aryl methyl sites for hydroxylation is 1. The van der Waals surface area contributed by atoms with Crippen LogP contribution in [0.1, 0.15) is 18.7 Å². The van der Waals surface area contributed by atoms with Crippen LogP contribution in [0.15, 0.2) is 18.3 Å². The molecule has 106 valence electrons. The lowest BCUT2D eigenvalue weighted by Gasteiger charge is -2.25. The van der Waals surface area contributed by atoms with Crippen LogP contribution in [0.5, 0.6) is 0 Å². The van der Waals surface area contributed by atoms with Gasteiger partial charge >= 0.3 is 11.8 Å². The molecule has 1 aromatic heterocycles. The van der Waals surface area contributed by atoms with Crippen molar-refractivity contribution in [2.75, 3.05) is 27.2 Å². The van der Waals surface area contributed by atoms with Crippen molar-refractivity contribution in [2.24, 2.45) is 7.05 Å². The fourth-order valence-electron chi connectivity index (χ4n) is 1.88. The summed E-state index contributed by atoms with van der Waals surface area (Å²) >= 11 is 0. The molecule has 2 amide bonds. The van der Waals surface area contributed by atoms with Gasteiger partial charge in [-0.25, -0.2) is 0 Å². The van der Waals surface area contributed by atoms with Gasteiger partial charge in [0.2, 0.25) is 0 Å². The lowest BCUT2D eigenvalue weighted by Crippen LogP contribution is -2.43. The number of carbonyl (C=O) groups excluding carboxylic acids is 2. The minimum atomic E-state index is -0.595.